The van der Waals surface area contributed by atoms with Crippen LogP contribution in [0.5, 0.6) is 5.75 Å². The van der Waals surface area contributed by atoms with Gasteiger partial charge in [-0.1, -0.05) is 78.4 Å². The van der Waals surface area contributed by atoms with Gasteiger partial charge in [-0.25, -0.2) is 0 Å². The number of anilines is 1. The molecule has 4 aromatic carbocycles. The third-order valence-corrected chi connectivity index (χ3v) is 4.25. The molecule has 6 heteroatoms. The van der Waals surface area contributed by atoms with E-state index in [4.69, 9.17) is 33.7 Å². The molecule has 182 valence electrons. The third-order valence-electron chi connectivity index (χ3n) is 4.25. The number of aryl methyl sites for hydroxylation is 1. The third kappa shape index (κ3) is 14.3. The summed E-state index contributed by atoms with van der Waals surface area (Å²) in [6.07, 6.45) is 2.68. The number of nitrogen functional groups attached to an aromatic ring is 1. The fourth-order valence-electron chi connectivity index (χ4n) is 2.45. The summed E-state index contributed by atoms with van der Waals surface area (Å²) in [5.41, 5.74) is 10.3. The van der Waals surface area contributed by atoms with Gasteiger partial charge >= 0.3 is 0 Å². The summed E-state index contributed by atoms with van der Waals surface area (Å²) in [4.78, 5) is 14.4. The second-order valence-electron chi connectivity index (χ2n) is 6.91. The van der Waals surface area contributed by atoms with Gasteiger partial charge < -0.3 is 10.5 Å². The number of halogens is 2. The van der Waals surface area contributed by atoms with Gasteiger partial charge in [0.15, 0.2) is 0 Å². The summed E-state index contributed by atoms with van der Waals surface area (Å²) in [5.74, 6) is 0.846. The number of nitrogens with zero attached hydrogens (tertiary/aromatic N) is 1. The van der Waals surface area contributed by atoms with E-state index < -0.39 is 0 Å². The second kappa shape index (κ2) is 18.8. The molecule has 0 heterocycles. The SMILES string of the molecule is COc1ccc(N=Cc2ccccc2)cc1.Cc1ccc(N)cc1.ClCCl.O=Cc1ccccc1. The van der Waals surface area contributed by atoms with E-state index in [0.717, 1.165) is 34.5 Å². The molecule has 0 fully saturated rings. The number of hydrogen-bond donors (Lipinski definition) is 1. The molecule has 0 amide bonds. The minimum Gasteiger partial charge on any atom is -0.497 e. The Balaban J connectivity index is 0.000000271. The predicted molar refractivity (Wildman–Crippen MR) is 151 cm³/mol. The zero-order valence-corrected chi connectivity index (χ0v) is 21.4. The minimum absolute atomic E-state index is 0.194. The van der Waals surface area contributed by atoms with Crippen molar-refractivity contribution in [1.82, 2.24) is 0 Å². The van der Waals surface area contributed by atoms with Crippen LogP contribution in [0.4, 0.5) is 11.4 Å². The monoisotopic (exact) mass is 508 g/mol. The van der Waals surface area contributed by atoms with Gasteiger partial charge in [0.2, 0.25) is 0 Å². The van der Waals surface area contributed by atoms with Crippen LogP contribution in [0.3, 0.4) is 0 Å². The Morgan fingerprint density at radius 1 is 0.771 bits per heavy atom. The lowest BCUT2D eigenvalue weighted by Crippen LogP contribution is -1.81. The molecule has 4 aromatic rings. The molecule has 0 saturated heterocycles. The number of alkyl halides is 2. The average molecular weight is 509 g/mol. The standard InChI is InChI=1S/C14H13NO.C7H9N.C7H6O.CH2Cl2/c1-16-14-9-7-13(8-10-14)15-11-12-5-3-2-4-6-12;1-6-2-4-7(8)5-3-6;8-6-7-4-2-1-3-5-7;2-1-3/h2-11H,1H3;2-5H,8H2,1H3;1-6H;1H2. The first kappa shape index (κ1) is 29.4. The summed E-state index contributed by atoms with van der Waals surface area (Å²) < 4.78 is 5.08. The zero-order valence-electron chi connectivity index (χ0n) is 19.9. The molecular weight excluding hydrogens is 479 g/mol. The van der Waals surface area contributed by atoms with E-state index >= 15 is 0 Å². The van der Waals surface area contributed by atoms with Crippen molar-refractivity contribution >= 4 is 47.1 Å². The van der Waals surface area contributed by atoms with E-state index in [1.54, 1.807) is 19.2 Å². The van der Waals surface area contributed by atoms with Gasteiger partial charge in [-0.2, -0.15) is 0 Å². The van der Waals surface area contributed by atoms with Crippen molar-refractivity contribution in [2.24, 2.45) is 4.99 Å². The van der Waals surface area contributed by atoms with Crippen LogP contribution >= 0.6 is 23.2 Å². The lowest BCUT2D eigenvalue weighted by molar-refractivity contribution is 0.112. The molecule has 0 aliphatic heterocycles. The van der Waals surface area contributed by atoms with Crippen molar-refractivity contribution in [2.75, 3.05) is 18.2 Å². The highest BCUT2D eigenvalue weighted by molar-refractivity contribution is 6.40. The molecule has 0 aromatic heterocycles. The highest BCUT2D eigenvalue weighted by atomic mass is 35.5. The van der Waals surface area contributed by atoms with Gasteiger partial charge in [0.1, 0.15) is 12.0 Å². The molecule has 2 N–H and O–H groups in total. The Morgan fingerprint density at radius 3 is 1.66 bits per heavy atom. The first-order chi connectivity index (χ1) is 17.0. The molecule has 0 unspecified atom stereocenters. The van der Waals surface area contributed by atoms with Gasteiger partial charge in [0, 0.05) is 17.5 Å². The van der Waals surface area contributed by atoms with Gasteiger partial charge in [-0.15, -0.1) is 23.2 Å². The van der Waals surface area contributed by atoms with E-state index in [0.29, 0.717) is 0 Å². The van der Waals surface area contributed by atoms with Crippen molar-refractivity contribution in [2.45, 2.75) is 6.92 Å². The van der Waals surface area contributed by atoms with Crippen LogP contribution < -0.4 is 10.5 Å². The molecule has 4 nitrogen and oxygen atoms in total. The number of ether oxygens (including phenoxy) is 1. The maximum absolute atomic E-state index is 10.0. The number of benzene rings is 4. The molecule has 0 bridgehead atoms. The summed E-state index contributed by atoms with van der Waals surface area (Å²) in [6, 6.07) is 34.6. The minimum atomic E-state index is 0.194. The van der Waals surface area contributed by atoms with Crippen LogP contribution in [-0.4, -0.2) is 24.9 Å². The summed E-state index contributed by atoms with van der Waals surface area (Å²) >= 11 is 9.53. The fourth-order valence-corrected chi connectivity index (χ4v) is 2.45. The summed E-state index contributed by atoms with van der Waals surface area (Å²) in [7, 11) is 1.66. The molecule has 4 rings (SSSR count). The number of hydrogen-bond acceptors (Lipinski definition) is 4. The molecular formula is C29H30Cl2N2O2. The Kier molecular flexibility index (Phi) is 15.8. The highest BCUT2D eigenvalue weighted by Crippen LogP contribution is 2.17. The van der Waals surface area contributed by atoms with Gasteiger partial charge in [0.25, 0.3) is 0 Å². The van der Waals surface area contributed by atoms with Crippen molar-refractivity contribution in [3.05, 3.63) is 126 Å². The molecule has 0 radical (unpaired) electrons. The molecule has 0 aliphatic rings. The fraction of sp³-hybridized carbons (Fsp3) is 0.103. The van der Waals surface area contributed by atoms with E-state index in [9.17, 15) is 4.79 Å². The highest BCUT2D eigenvalue weighted by Gasteiger charge is 1.91. The van der Waals surface area contributed by atoms with Crippen molar-refractivity contribution in [3.63, 3.8) is 0 Å². The van der Waals surface area contributed by atoms with Crippen molar-refractivity contribution in [3.8, 4) is 5.75 Å². The van der Waals surface area contributed by atoms with Crippen molar-refractivity contribution in [1.29, 1.82) is 0 Å². The number of methoxy groups -OCH3 is 1. The van der Waals surface area contributed by atoms with Crippen LogP contribution in [0.15, 0.2) is 114 Å². The van der Waals surface area contributed by atoms with Crippen molar-refractivity contribution < 1.29 is 9.53 Å². The Morgan fingerprint density at radius 2 is 1.26 bits per heavy atom. The molecule has 0 aliphatic carbocycles. The maximum atomic E-state index is 10.0. The van der Waals surface area contributed by atoms with Crippen LogP contribution in [0.1, 0.15) is 21.5 Å². The van der Waals surface area contributed by atoms with Crippen LogP contribution in [0.25, 0.3) is 0 Å². The van der Waals surface area contributed by atoms with Crippen LogP contribution in [0, 0.1) is 6.92 Å². The average Bonchev–Trinajstić information content (AvgIpc) is 2.92. The Bertz CT molecular complexity index is 1070. The Hall–Kier alpha value is -3.60. The molecule has 0 saturated carbocycles. The summed E-state index contributed by atoms with van der Waals surface area (Å²) in [5, 5.41) is 0.194. The number of nitrogens with two attached hydrogens (primary N) is 1. The van der Waals surface area contributed by atoms with Crippen LogP contribution in [0.2, 0.25) is 0 Å². The van der Waals surface area contributed by atoms with Crippen LogP contribution in [-0.2, 0) is 0 Å². The van der Waals surface area contributed by atoms with Gasteiger partial charge in [-0.05, 0) is 48.9 Å². The molecule has 0 spiro atoms. The Labute approximate surface area is 218 Å². The number of carbonyl (C=O) groups is 1. The van der Waals surface area contributed by atoms with E-state index in [1.807, 2.05) is 110 Å². The van der Waals surface area contributed by atoms with E-state index in [-0.39, 0.29) is 5.34 Å². The second-order valence-corrected chi connectivity index (χ2v) is 7.72. The zero-order chi connectivity index (χ0) is 25.7. The quantitative estimate of drug-likeness (QED) is 0.131. The van der Waals surface area contributed by atoms with Gasteiger partial charge in [0.05, 0.1) is 18.1 Å². The lowest BCUT2D eigenvalue weighted by Gasteiger charge is -1.98. The molecule has 35 heavy (non-hydrogen) atoms. The largest absolute Gasteiger partial charge is 0.497 e. The predicted octanol–water partition coefficient (Wildman–Crippen LogP) is 7.94. The van der Waals surface area contributed by atoms with E-state index in [1.165, 1.54) is 5.56 Å². The maximum Gasteiger partial charge on any atom is 0.150 e. The smallest absolute Gasteiger partial charge is 0.150 e. The summed E-state index contributed by atoms with van der Waals surface area (Å²) in [6.45, 7) is 2.04. The van der Waals surface area contributed by atoms with E-state index in [2.05, 4.69) is 4.99 Å². The first-order valence-electron chi connectivity index (χ1n) is 10.7. The number of aldehydes is 1. The number of aliphatic imine (C=N–C) groups is 1. The number of rotatable bonds is 4. The lowest BCUT2D eigenvalue weighted by atomic mass is 10.2. The molecule has 0 atom stereocenters. The normalized spacial score (nSPS) is 9.37. The van der Waals surface area contributed by atoms with Gasteiger partial charge in [-0.3, -0.25) is 9.79 Å². The number of carbonyl (C=O) groups excluding carboxylic acids is 1. The first-order valence-corrected chi connectivity index (χ1v) is 11.8. The topological polar surface area (TPSA) is 64.7 Å².